The van der Waals surface area contributed by atoms with Crippen molar-refractivity contribution in [2.24, 2.45) is 5.92 Å². The zero-order valence-electron chi connectivity index (χ0n) is 13.7. The van der Waals surface area contributed by atoms with E-state index < -0.39 is 12.1 Å². The van der Waals surface area contributed by atoms with Crippen LogP contribution in [-0.4, -0.2) is 48.5 Å². The van der Waals surface area contributed by atoms with E-state index in [-0.39, 0.29) is 23.5 Å². The molecule has 0 saturated heterocycles. The first-order valence-corrected chi connectivity index (χ1v) is 10.4. The summed E-state index contributed by atoms with van der Waals surface area (Å²) in [4.78, 5) is 45.6. The number of urea groups is 2. The van der Waals surface area contributed by atoms with Crippen molar-refractivity contribution in [2.45, 2.75) is 32.6 Å². The fourth-order valence-corrected chi connectivity index (χ4v) is 3.29. The molecule has 0 heterocycles. The van der Waals surface area contributed by atoms with Gasteiger partial charge in [0.25, 0.3) is 0 Å². The normalized spacial score (nSPS) is 13.0. The molecule has 1 aliphatic rings. The molecule has 0 aromatic carbocycles. The Hall–Kier alpha value is -1.42. The zero-order chi connectivity index (χ0) is 17.8. The first-order valence-electron chi connectivity index (χ1n) is 7.93. The Morgan fingerprint density at radius 3 is 2.29 bits per heavy atom. The minimum Gasteiger partial charge on any atom is -0.338 e. The molecule has 8 nitrogen and oxygen atoms in total. The average Bonchev–Trinajstić information content (AvgIpc) is 3.35. The van der Waals surface area contributed by atoms with E-state index in [1.165, 1.54) is 21.6 Å². The highest BCUT2D eigenvalue weighted by Crippen LogP contribution is 2.28. The van der Waals surface area contributed by atoms with Crippen LogP contribution in [0.25, 0.3) is 0 Å². The first-order chi connectivity index (χ1) is 11.5. The van der Waals surface area contributed by atoms with E-state index in [2.05, 4.69) is 21.3 Å². The molecule has 1 rings (SSSR count). The minimum absolute atomic E-state index is 0.00151. The van der Waals surface area contributed by atoms with Gasteiger partial charge in [0.2, 0.25) is 11.8 Å². The summed E-state index contributed by atoms with van der Waals surface area (Å²) in [6.45, 7) is 2.96. The second-order valence-corrected chi connectivity index (χ2v) is 7.84. The summed E-state index contributed by atoms with van der Waals surface area (Å²) in [5.41, 5.74) is 0. The third-order valence-electron chi connectivity index (χ3n) is 3.00. The number of nitrogens with one attached hydrogen (secondary N) is 4. The quantitative estimate of drug-likeness (QED) is 0.337. The summed E-state index contributed by atoms with van der Waals surface area (Å²) in [6.07, 6.45) is 3.55. The van der Waals surface area contributed by atoms with Crippen LogP contribution in [0.4, 0.5) is 9.59 Å². The van der Waals surface area contributed by atoms with E-state index in [1.54, 1.807) is 0 Å². The fourth-order valence-electron chi connectivity index (χ4n) is 1.55. The molecule has 1 saturated carbocycles. The number of rotatable bonds is 10. The van der Waals surface area contributed by atoms with Crippen LogP contribution in [0.1, 0.15) is 32.6 Å². The average molecular weight is 377 g/mol. The smallest absolute Gasteiger partial charge is 0.321 e. The minimum atomic E-state index is -0.487. The number of imide groups is 2. The van der Waals surface area contributed by atoms with Gasteiger partial charge in [-0.3, -0.25) is 20.2 Å². The van der Waals surface area contributed by atoms with E-state index in [1.807, 2.05) is 6.92 Å². The lowest BCUT2D eigenvalue weighted by Gasteiger charge is -2.07. The maximum absolute atomic E-state index is 11.5. The summed E-state index contributed by atoms with van der Waals surface area (Å²) in [5.74, 6) is 0.160. The molecule has 136 valence electrons. The number of hydrogen-bond donors (Lipinski definition) is 4. The van der Waals surface area contributed by atoms with Crippen molar-refractivity contribution in [1.82, 2.24) is 21.3 Å². The topological polar surface area (TPSA) is 116 Å². The van der Waals surface area contributed by atoms with Crippen LogP contribution in [0.2, 0.25) is 0 Å². The Balaban J connectivity index is 1.93. The maximum Gasteiger partial charge on any atom is 0.321 e. The summed E-state index contributed by atoms with van der Waals surface area (Å²) in [7, 11) is 2.70. The van der Waals surface area contributed by atoms with Crippen LogP contribution >= 0.6 is 21.6 Å². The van der Waals surface area contributed by atoms with Gasteiger partial charge in [0.1, 0.15) is 0 Å². The van der Waals surface area contributed by atoms with Gasteiger partial charge in [-0.15, -0.1) is 0 Å². The molecule has 0 spiro atoms. The summed E-state index contributed by atoms with van der Waals surface area (Å²) >= 11 is 0. The van der Waals surface area contributed by atoms with Crippen molar-refractivity contribution >= 4 is 45.5 Å². The Morgan fingerprint density at radius 2 is 1.62 bits per heavy atom. The van der Waals surface area contributed by atoms with Gasteiger partial charge in [-0.2, -0.15) is 0 Å². The highest BCUT2D eigenvalue weighted by atomic mass is 33.1. The molecule has 0 aromatic rings. The molecular formula is C14H24N4O4S2. The van der Waals surface area contributed by atoms with Crippen molar-refractivity contribution < 1.29 is 19.2 Å². The van der Waals surface area contributed by atoms with Gasteiger partial charge in [-0.05, 0) is 19.3 Å². The molecule has 1 fully saturated rings. The van der Waals surface area contributed by atoms with Crippen LogP contribution in [0, 0.1) is 5.92 Å². The van der Waals surface area contributed by atoms with Crippen LogP contribution in [0.5, 0.6) is 0 Å². The van der Waals surface area contributed by atoms with Crippen LogP contribution in [0.3, 0.4) is 0 Å². The van der Waals surface area contributed by atoms with E-state index in [4.69, 9.17) is 0 Å². The fraction of sp³-hybridized carbons (Fsp3) is 0.714. The molecule has 6 amide bonds. The van der Waals surface area contributed by atoms with Gasteiger partial charge in [-0.1, -0.05) is 34.9 Å². The second-order valence-electron chi connectivity index (χ2n) is 5.26. The summed E-state index contributed by atoms with van der Waals surface area (Å²) < 4.78 is 0. The number of hydrogen-bond acceptors (Lipinski definition) is 6. The Kier molecular flexibility index (Phi) is 10.3. The molecule has 0 aromatic heterocycles. The van der Waals surface area contributed by atoms with Gasteiger partial charge in [0, 0.05) is 24.8 Å². The molecule has 0 atom stereocenters. The van der Waals surface area contributed by atoms with Gasteiger partial charge in [0.15, 0.2) is 0 Å². The third-order valence-corrected chi connectivity index (χ3v) is 5.27. The molecule has 4 N–H and O–H groups in total. The van der Waals surface area contributed by atoms with E-state index in [0.29, 0.717) is 18.8 Å². The van der Waals surface area contributed by atoms with E-state index >= 15 is 0 Å². The zero-order valence-corrected chi connectivity index (χ0v) is 15.3. The number of amides is 6. The maximum atomic E-state index is 11.5. The SMILES string of the molecule is CCCCNC(=O)NC(=O)CSSCCNC(=O)NC(=O)C1CC1. The molecule has 0 unspecified atom stereocenters. The molecular weight excluding hydrogens is 352 g/mol. The van der Waals surface area contributed by atoms with Gasteiger partial charge in [-0.25, -0.2) is 9.59 Å². The van der Waals surface area contributed by atoms with Crippen molar-refractivity contribution in [2.75, 3.05) is 24.6 Å². The summed E-state index contributed by atoms with van der Waals surface area (Å²) in [6, 6.07) is -0.961. The van der Waals surface area contributed by atoms with Gasteiger partial charge < -0.3 is 10.6 Å². The number of carbonyl (C=O) groups is 4. The largest absolute Gasteiger partial charge is 0.338 e. The van der Waals surface area contributed by atoms with Crippen molar-refractivity contribution in [3.8, 4) is 0 Å². The number of unbranched alkanes of at least 4 members (excludes halogenated alkanes) is 1. The molecule has 24 heavy (non-hydrogen) atoms. The lowest BCUT2D eigenvalue weighted by Crippen LogP contribution is -2.41. The highest BCUT2D eigenvalue weighted by molar-refractivity contribution is 8.76. The third kappa shape index (κ3) is 10.4. The standard InChI is InChI=1S/C14H24N4O4S2/c1-2-3-6-15-13(21)17-11(19)9-24-23-8-7-16-14(22)18-12(20)10-4-5-10/h10H,2-9H2,1H3,(H2,15,17,19,21)(H2,16,18,20,22). The monoisotopic (exact) mass is 376 g/mol. The molecule has 1 aliphatic carbocycles. The van der Waals surface area contributed by atoms with Crippen LogP contribution in [-0.2, 0) is 9.59 Å². The number of carbonyl (C=O) groups excluding carboxylic acids is 4. The predicted octanol–water partition coefficient (Wildman–Crippen LogP) is 1.23. The van der Waals surface area contributed by atoms with Gasteiger partial charge in [0.05, 0.1) is 5.75 Å². The Morgan fingerprint density at radius 1 is 0.958 bits per heavy atom. The van der Waals surface area contributed by atoms with Crippen molar-refractivity contribution in [3.05, 3.63) is 0 Å². The first kappa shape index (κ1) is 20.6. The Labute approximate surface area is 149 Å². The lowest BCUT2D eigenvalue weighted by atomic mass is 10.3. The van der Waals surface area contributed by atoms with E-state index in [9.17, 15) is 19.2 Å². The second kappa shape index (κ2) is 12.0. The van der Waals surface area contributed by atoms with Crippen LogP contribution in [0.15, 0.2) is 0 Å². The summed E-state index contributed by atoms with van der Waals surface area (Å²) in [5, 5.41) is 9.70. The highest BCUT2D eigenvalue weighted by Gasteiger charge is 2.30. The molecule has 10 heteroatoms. The van der Waals surface area contributed by atoms with Crippen LogP contribution < -0.4 is 21.3 Å². The van der Waals surface area contributed by atoms with Crippen molar-refractivity contribution in [3.63, 3.8) is 0 Å². The van der Waals surface area contributed by atoms with Gasteiger partial charge >= 0.3 is 12.1 Å². The van der Waals surface area contributed by atoms with E-state index in [0.717, 1.165) is 25.7 Å². The predicted molar refractivity (Wildman–Crippen MR) is 95.6 cm³/mol. The lowest BCUT2D eigenvalue weighted by molar-refractivity contribution is -0.121. The molecule has 0 bridgehead atoms. The molecule has 0 radical (unpaired) electrons. The Bertz CT molecular complexity index is 458. The van der Waals surface area contributed by atoms with Crippen molar-refractivity contribution in [1.29, 1.82) is 0 Å². The molecule has 0 aliphatic heterocycles.